The maximum atomic E-state index is 5.71. The Kier molecular flexibility index (Phi) is 6.02. The van der Waals surface area contributed by atoms with E-state index in [1.165, 1.54) is 9.13 Å². The summed E-state index contributed by atoms with van der Waals surface area (Å²) in [5.74, 6) is 1.03. The van der Waals surface area contributed by atoms with Gasteiger partial charge in [-0.2, -0.15) is 0 Å². The van der Waals surface area contributed by atoms with Crippen LogP contribution in [0.4, 0.5) is 0 Å². The molecule has 15 heavy (non-hydrogen) atoms. The van der Waals surface area contributed by atoms with Gasteiger partial charge in [0.2, 0.25) is 0 Å². The molecule has 0 aliphatic carbocycles. The van der Waals surface area contributed by atoms with Crippen LogP contribution in [0.3, 0.4) is 0 Å². The lowest BCUT2D eigenvalue weighted by Gasteiger charge is -2.11. The van der Waals surface area contributed by atoms with Crippen molar-refractivity contribution in [3.05, 3.63) is 27.3 Å². The topological polar surface area (TPSA) is 21.3 Å². The molecule has 0 bridgehead atoms. The standard InChI is InChI=1S/C12H18INO/c1-3-8-15-12-5-4-11(13)9-10(12)6-7-14-2/h4-5,9,14H,3,6-8H2,1-2H3. The molecule has 0 aliphatic rings. The summed E-state index contributed by atoms with van der Waals surface area (Å²) in [6, 6.07) is 6.36. The van der Waals surface area contributed by atoms with Crippen LogP contribution in [0, 0.1) is 3.57 Å². The predicted molar refractivity (Wildman–Crippen MR) is 72.6 cm³/mol. The molecule has 0 radical (unpaired) electrons. The minimum atomic E-state index is 0.799. The van der Waals surface area contributed by atoms with Gasteiger partial charge in [0.15, 0.2) is 0 Å². The third-order valence-electron chi connectivity index (χ3n) is 2.13. The second-order valence-corrected chi connectivity index (χ2v) is 4.70. The zero-order chi connectivity index (χ0) is 11.1. The third-order valence-corrected chi connectivity index (χ3v) is 2.80. The molecular formula is C12H18INO. The second-order valence-electron chi connectivity index (χ2n) is 3.45. The Labute approximate surface area is 106 Å². The first-order chi connectivity index (χ1) is 7.27. The SMILES string of the molecule is CCCOc1ccc(I)cc1CCNC. The van der Waals surface area contributed by atoms with Crippen molar-refractivity contribution in [1.82, 2.24) is 5.32 Å². The first-order valence-electron chi connectivity index (χ1n) is 5.33. The fourth-order valence-electron chi connectivity index (χ4n) is 1.36. The van der Waals surface area contributed by atoms with Crippen molar-refractivity contribution >= 4 is 22.6 Å². The highest BCUT2D eigenvalue weighted by molar-refractivity contribution is 14.1. The molecule has 1 N–H and O–H groups in total. The maximum Gasteiger partial charge on any atom is 0.122 e. The molecule has 0 amide bonds. The smallest absolute Gasteiger partial charge is 0.122 e. The van der Waals surface area contributed by atoms with Gasteiger partial charge >= 0.3 is 0 Å². The van der Waals surface area contributed by atoms with Crippen LogP contribution in [0.15, 0.2) is 18.2 Å². The van der Waals surface area contributed by atoms with E-state index in [1.54, 1.807) is 0 Å². The molecule has 0 saturated carbocycles. The van der Waals surface area contributed by atoms with Crippen LogP contribution in [-0.2, 0) is 6.42 Å². The summed E-state index contributed by atoms with van der Waals surface area (Å²) < 4.78 is 6.97. The lowest BCUT2D eigenvalue weighted by Crippen LogP contribution is -2.11. The van der Waals surface area contributed by atoms with Gasteiger partial charge in [0, 0.05) is 3.57 Å². The Morgan fingerprint density at radius 1 is 1.40 bits per heavy atom. The largest absolute Gasteiger partial charge is 0.493 e. The molecule has 0 atom stereocenters. The number of nitrogens with one attached hydrogen (secondary N) is 1. The van der Waals surface area contributed by atoms with Gasteiger partial charge < -0.3 is 10.1 Å². The highest BCUT2D eigenvalue weighted by Gasteiger charge is 2.03. The molecule has 0 aliphatic heterocycles. The number of likely N-dealkylation sites (N-methyl/N-ethyl adjacent to an activating group) is 1. The average molecular weight is 319 g/mol. The van der Waals surface area contributed by atoms with E-state index in [9.17, 15) is 0 Å². The van der Waals surface area contributed by atoms with Crippen LogP contribution < -0.4 is 10.1 Å². The third kappa shape index (κ3) is 4.38. The van der Waals surface area contributed by atoms with Crippen LogP contribution >= 0.6 is 22.6 Å². The molecule has 1 rings (SSSR count). The van der Waals surface area contributed by atoms with E-state index in [4.69, 9.17) is 4.74 Å². The summed E-state index contributed by atoms with van der Waals surface area (Å²) in [5.41, 5.74) is 1.30. The van der Waals surface area contributed by atoms with Gasteiger partial charge in [-0.1, -0.05) is 6.92 Å². The molecule has 0 unspecified atom stereocenters. The summed E-state index contributed by atoms with van der Waals surface area (Å²) >= 11 is 2.34. The van der Waals surface area contributed by atoms with Gasteiger partial charge in [0.1, 0.15) is 5.75 Å². The van der Waals surface area contributed by atoms with Crippen LogP contribution in [0.1, 0.15) is 18.9 Å². The van der Waals surface area contributed by atoms with Crippen LogP contribution in [-0.4, -0.2) is 20.2 Å². The van der Waals surface area contributed by atoms with Gasteiger partial charge in [-0.25, -0.2) is 0 Å². The maximum absolute atomic E-state index is 5.71. The minimum absolute atomic E-state index is 0.799. The number of ether oxygens (including phenoxy) is 1. The molecule has 0 spiro atoms. The number of benzene rings is 1. The second kappa shape index (κ2) is 7.06. The molecule has 1 aromatic carbocycles. The molecule has 3 heteroatoms. The predicted octanol–water partition coefficient (Wildman–Crippen LogP) is 2.84. The Morgan fingerprint density at radius 2 is 2.20 bits per heavy atom. The molecule has 2 nitrogen and oxygen atoms in total. The van der Waals surface area contributed by atoms with Crippen molar-refractivity contribution in [3.8, 4) is 5.75 Å². The Hall–Kier alpha value is -0.290. The van der Waals surface area contributed by atoms with E-state index in [1.807, 2.05) is 7.05 Å². The molecule has 0 fully saturated rings. The van der Waals surface area contributed by atoms with E-state index in [2.05, 4.69) is 53.0 Å². The number of halogens is 1. The van der Waals surface area contributed by atoms with Crippen LogP contribution in [0.2, 0.25) is 0 Å². The highest BCUT2D eigenvalue weighted by atomic mass is 127. The quantitative estimate of drug-likeness (QED) is 0.814. The van der Waals surface area contributed by atoms with Crippen molar-refractivity contribution in [2.75, 3.05) is 20.2 Å². The van der Waals surface area contributed by atoms with Gasteiger partial charge in [-0.05, 0) is 72.8 Å². The van der Waals surface area contributed by atoms with Gasteiger partial charge in [0.25, 0.3) is 0 Å². The number of hydrogen-bond donors (Lipinski definition) is 1. The molecule has 84 valence electrons. The van der Waals surface area contributed by atoms with Gasteiger partial charge in [-0.15, -0.1) is 0 Å². The van der Waals surface area contributed by atoms with Crippen molar-refractivity contribution in [3.63, 3.8) is 0 Å². The van der Waals surface area contributed by atoms with E-state index in [-0.39, 0.29) is 0 Å². The fourth-order valence-corrected chi connectivity index (χ4v) is 1.91. The van der Waals surface area contributed by atoms with Crippen LogP contribution in [0.5, 0.6) is 5.75 Å². The van der Waals surface area contributed by atoms with E-state index >= 15 is 0 Å². The Morgan fingerprint density at radius 3 is 2.87 bits per heavy atom. The van der Waals surface area contributed by atoms with Crippen molar-refractivity contribution < 1.29 is 4.74 Å². The minimum Gasteiger partial charge on any atom is -0.493 e. The first kappa shape index (κ1) is 12.8. The average Bonchev–Trinajstić information content (AvgIpc) is 2.25. The summed E-state index contributed by atoms with van der Waals surface area (Å²) in [7, 11) is 1.97. The zero-order valence-electron chi connectivity index (χ0n) is 9.35. The van der Waals surface area contributed by atoms with Crippen LogP contribution in [0.25, 0.3) is 0 Å². The summed E-state index contributed by atoms with van der Waals surface area (Å²) in [4.78, 5) is 0. The van der Waals surface area contributed by atoms with Crippen molar-refractivity contribution in [2.24, 2.45) is 0 Å². The lowest BCUT2D eigenvalue weighted by molar-refractivity contribution is 0.314. The molecule has 0 aromatic heterocycles. The van der Waals surface area contributed by atoms with E-state index in [0.29, 0.717) is 0 Å². The summed E-state index contributed by atoms with van der Waals surface area (Å²) in [6.45, 7) is 3.91. The molecule has 0 saturated heterocycles. The molecule has 1 aromatic rings. The first-order valence-corrected chi connectivity index (χ1v) is 6.41. The molecule has 0 heterocycles. The van der Waals surface area contributed by atoms with Crippen molar-refractivity contribution in [2.45, 2.75) is 19.8 Å². The molecular weight excluding hydrogens is 301 g/mol. The van der Waals surface area contributed by atoms with E-state index < -0.39 is 0 Å². The normalized spacial score (nSPS) is 10.3. The van der Waals surface area contributed by atoms with Crippen molar-refractivity contribution in [1.29, 1.82) is 0 Å². The zero-order valence-corrected chi connectivity index (χ0v) is 11.5. The van der Waals surface area contributed by atoms with E-state index in [0.717, 1.165) is 31.7 Å². The summed E-state index contributed by atoms with van der Waals surface area (Å²) in [5, 5.41) is 3.16. The summed E-state index contributed by atoms with van der Waals surface area (Å²) in [6.07, 6.45) is 2.07. The van der Waals surface area contributed by atoms with Gasteiger partial charge in [0.05, 0.1) is 6.61 Å². The monoisotopic (exact) mass is 319 g/mol. The van der Waals surface area contributed by atoms with Gasteiger partial charge in [-0.3, -0.25) is 0 Å². The number of hydrogen-bond acceptors (Lipinski definition) is 2. The number of rotatable bonds is 6. The lowest BCUT2D eigenvalue weighted by atomic mass is 10.1. The Bertz CT molecular complexity index is 302. The fraction of sp³-hybridized carbons (Fsp3) is 0.500. The Balaban J connectivity index is 2.73. The highest BCUT2D eigenvalue weighted by Crippen LogP contribution is 2.21.